The molecule has 0 radical (unpaired) electrons. The van der Waals surface area contributed by atoms with Gasteiger partial charge in [-0.2, -0.15) is 0 Å². The Morgan fingerprint density at radius 2 is 2.00 bits per heavy atom. The van der Waals surface area contributed by atoms with Crippen LogP contribution in [0.4, 0.5) is 0 Å². The first-order valence-electron chi connectivity index (χ1n) is 2.50. The largest absolute Gasteiger partial charge is 0.263 e. The zero-order chi connectivity index (χ0) is 5.98. The third-order valence-electron chi connectivity index (χ3n) is 0.955. The summed E-state index contributed by atoms with van der Waals surface area (Å²) in [6.07, 6.45) is 3.31. The first-order chi connectivity index (χ1) is 3.80. The van der Waals surface area contributed by atoms with Crippen molar-refractivity contribution in [1.29, 1.82) is 0 Å². The minimum absolute atomic E-state index is 0.0185. The first-order valence-corrected chi connectivity index (χ1v) is 2.93. The molecule has 0 aromatic heterocycles. The highest BCUT2D eigenvalue weighted by molar-refractivity contribution is 6.22. The van der Waals surface area contributed by atoms with Crippen molar-refractivity contribution >= 4 is 24.0 Å². The number of hydrogen-bond acceptors (Lipinski definition) is 2. The monoisotopic (exact) mass is 130 g/mol. The van der Waals surface area contributed by atoms with E-state index in [9.17, 15) is 0 Å². The lowest BCUT2D eigenvalue weighted by Crippen LogP contribution is -2.09. The van der Waals surface area contributed by atoms with E-state index < -0.39 is 0 Å². The van der Waals surface area contributed by atoms with Crippen LogP contribution in [0.3, 0.4) is 0 Å². The maximum Gasteiger partial charge on any atom is 0.155 e. The summed E-state index contributed by atoms with van der Waals surface area (Å²) >= 11 is 5.66. The third kappa shape index (κ3) is 1.07. The van der Waals surface area contributed by atoms with Crippen LogP contribution in [-0.4, -0.2) is 24.0 Å². The van der Waals surface area contributed by atoms with Crippen molar-refractivity contribution in [3.8, 4) is 0 Å². The van der Waals surface area contributed by atoms with Gasteiger partial charge < -0.3 is 0 Å². The SMILES string of the molecule is CC(Cl)C1N=CC=N1. The maximum atomic E-state index is 5.66. The summed E-state index contributed by atoms with van der Waals surface area (Å²) in [6, 6.07) is 0. The van der Waals surface area contributed by atoms with Crippen molar-refractivity contribution in [3.63, 3.8) is 0 Å². The van der Waals surface area contributed by atoms with Gasteiger partial charge in [0.15, 0.2) is 6.17 Å². The molecule has 0 bridgehead atoms. The lowest BCUT2D eigenvalue weighted by molar-refractivity contribution is 0.711. The number of rotatable bonds is 1. The molecule has 1 aliphatic rings. The molecule has 0 saturated carbocycles. The quantitative estimate of drug-likeness (QED) is 0.475. The summed E-state index contributed by atoms with van der Waals surface area (Å²) in [5.41, 5.74) is 0. The molecule has 0 fully saturated rings. The van der Waals surface area contributed by atoms with E-state index in [0.29, 0.717) is 0 Å². The minimum Gasteiger partial charge on any atom is -0.263 e. The lowest BCUT2D eigenvalue weighted by atomic mass is 10.4. The lowest BCUT2D eigenvalue weighted by Gasteiger charge is -2.03. The van der Waals surface area contributed by atoms with Crippen LogP contribution in [0, 0.1) is 0 Å². The highest BCUT2D eigenvalue weighted by Crippen LogP contribution is 2.08. The molecule has 8 heavy (non-hydrogen) atoms. The van der Waals surface area contributed by atoms with Crippen LogP contribution >= 0.6 is 11.6 Å². The fraction of sp³-hybridized carbons (Fsp3) is 0.600. The van der Waals surface area contributed by atoms with Crippen LogP contribution < -0.4 is 0 Å². The van der Waals surface area contributed by atoms with Crippen molar-refractivity contribution in [2.45, 2.75) is 18.5 Å². The second-order valence-electron chi connectivity index (χ2n) is 1.69. The van der Waals surface area contributed by atoms with Gasteiger partial charge >= 0.3 is 0 Å². The molecule has 44 valence electrons. The highest BCUT2D eigenvalue weighted by atomic mass is 35.5. The molecule has 1 heterocycles. The molecule has 0 aromatic rings. The molecular weight excluding hydrogens is 124 g/mol. The van der Waals surface area contributed by atoms with Crippen molar-refractivity contribution in [3.05, 3.63) is 0 Å². The molecule has 3 heteroatoms. The Hall–Kier alpha value is -0.370. The van der Waals surface area contributed by atoms with Gasteiger partial charge in [0, 0.05) is 12.4 Å². The topological polar surface area (TPSA) is 24.7 Å². The van der Waals surface area contributed by atoms with Crippen molar-refractivity contribution in [1.82, 2.24) is 0 Å². The molecule has 1 aliphatic heterocycles. The van der Waals surface area contributed by atoms with Gasteiger partial charge in [-0.25, -0.2) is 0 Å². The number of nitrogens with zero attached hydrogens (tertiary/aromatic N) is 2. The molecule has 0 aromatic carbocycles. The van der Waals surface area contributed by atoms with E-state index in [1.165, 1.54) is 0 Å². The Morgan fingerprint density at radius 1 is 1.50 bits per heavy atom. The average Bonchev–Trinajstić information content (AvgIpc) is 2.12. The molecular formula is C5H7ClN2. The molecule has 1 unspecified atom stereocenters. The van der Waals surface area contributed by atoms with Gasteiger partial charge in [0.25, 0.3) is 0 Å². The Kier molecular flexibility index (Phi) is 1.63. The second kappa shape index (κ2) is 2.27. The fourth-order valence-corrected chi connectivity index (χ4v) is 0.659. The van der Waals surface area contributed by atoms with Crippen molar-refractivity contribution in [2.24, 2.45) is 9.98 Å². The Morgan fingerprint density at radius 3 is 2.25 bits per heavy atom. The summed E-state index contributed by atoms with van der Waals surface area (Å²) in [6.45, 7) is 1.88. The van der Waals surface area contributed by atoms with Crippen LogP contribution in [0.5, 0.6) is 0 Å². The van der Waals surface area contributed by atoms with Crippen LogP contribution in [-0.2, 0) is 0 Å². The van der Waals surface area contributed by atoms with Crippen LogP contribution in [0.15, 0.2) is 9.98 Å². The number of alkyl halides is 1. The smallest absolute Gasteiger partial charge is 0.155 e. The van der Waals surface area contributed by atoms with E-state index in [1.807, 2.05) is 6.92 Å². The van der Waals surface area contributed by atoms with Crippen LogP contribution in [0.2, 0.25) is 0 Å². The van der Waals surface area contributed by atoms with E-state index in [4.69, 9.17) is 11.6 Å². The standard InChI is InChI=1S/C5H7ClN2/c1-4(6)5-7-2-3-8-5/h2-5H,1H3. The van der Waals surface area contributed by atoms with Crippen molar-refractivity contribution < 1.29 is 0 Å². The molecule has 0 N–H and O–H groups in total. The highest BCUT2D eigenvalue weighted by Gasteiger charge is 2.11. The summed E-state index contributed by atoms with van der Waals surface area (Å²) in [5.74, 6) is 0. The predicted octanol–water partition coefficient (Wildman–Crippen LogP) is 1.10. The van der Waals surface area contributed by atoms with Crippen LogP contribution in [0.25, 0.3) is 0 Å². The zero-order valence-electron chi connectivity index (χ0n) is 4.58. The average molecular weight is 131 g/mol. The summed E-state index contributed by atoms with van der Waals surface area (Å²) in [5, 5.41) is 0.0185. The molecule has 0 aliphatic carbocycles. The van der Waals surface area contributed by atoms with E-state index in [1.54, 1.807) is 12.4 Å². The molecule has 2 nitrogen and oxygen atoms in total. The summed E-state index contributed by atoms with van der Waals surface area (Å²) in [4.78, 5) is 7.91. The minimum atomic E-state index is -0.0309. The van der Waals surface area contributed by atoms with Gasteiger partial charge in [0.05, 0.1) is 5.38 Å². The Balaban J connectivity index is 2.49. The van der Waals surface area contributed by atoms with Gasteiger partial charge in [-0.3, -0.25) is 9.98 Å². The van der Waals surface area contributed by atoms with Gasteiger partial charge in [-0.05, 0) is 6.92 Å². The summed E-state index contributed by atoms with van der Waals surface area (Å²) < 4.78 is 0. The number of aliphatic imine (C=N–C) groups is 2. The fourth-order valence-electron chi connectivity index (χ4n) is 0.529. The van der Waals surface area contributed by atoms with Gasteiger partial charge in [0.2, 0.25) is 0 Å². The Labute approximate surface area is 53.3 Å². The normalized spacial score (nSPS) is 22.2. The van der Waals surface area contributed by atoms with E-state index in [-0.39, 0.29) is 11.5 Å². The van der Waals surface area contributed by atoms with Gasteiger partial charge in [-0.1, -0.05) is 0 Å². The first kappa shape index (κ1) is 5.76. The van der Waals surface area contributed by atoms with E-state index >= 15 is 0 Å². The number of hydrogen-bond donors (Lipinski definition) is 0. The number of halogens is 1. The zero-order valence-corrected chi connectivity index (χ0v) is 5.34. The maximum absolute atomic E-state index is 5.66. The predicted molar refractivity (Wildman–Crippen MR) is 36.1 cm³/mol. The molecule has 0 spiro atoms. The van der Waals surface area contributed by atoms with E-state index in [2.05, 4.69) is 9.98 Å². The molecule has 1 rings (SSSR count). The van der Waals surface area contributed by atoms with Gasteiger partial charge in [-0.15, -0.1) is 11.6 Å². The molecule has 0 amide bonds. The Bertz CT molecular complexity index is 116. The summed E-state index contributed by atoms with van der Waals surface area (Å²) in [7, 11) is 0. The van der Waals surface area contributed by atoms with E-state index in [0.717, 1.165) is 0 Å². The van der Waals surface area contributed by atoms with Crippen molar-refractivity contribution in [2.75, 3.05) is 0 Å². The molecule has 0 saturated heterocycles. The van der Waals surface area contributed by atoms with Crippen LogP contribution in [0.1, 0.15) is 6.92 Å². The second-order valence-corrected chi connectivity index (χ2v) is 2.38. The van der Waals surface area contributed by atoms with Gasteiger partial charge in [0.1, 0.15) is 0 Å². The molecule has 1 atom stereocenters. The third-order valence-corrected chi connectivity index (χ3v) is 1.18.